The zero-order chi connectivity index (χ0) is 19.9. The molecule has 2 aromatic rings. The van der Waals surface area contributed by atoms with Gasteiger partial charge in [0.15, 0.2) is 11.3 Å². The summed E-state index contributed by atoms with van der Waals surface area (Å²) < 4.78 is 3.24. The van der Waals surface area contributed by atoms with Crippen molar-refractivity contribution >= 4 is 75.5 Å². The molecule has 0 aliphatic rings. The van der Waals surface area contributed by atoms with Crippen molar-refractivity contribution in [1.29, 1.82) is 0 Å². The summed E-state index contributed by atoms with van der Waals surface area (Å²) in [5.41, 5.74) is 1.46. The van der Waals surface area contributed by atoms with Gasteiger partial charge in [0, 0.05) is 10.7 Å². The van der Waals surface area contributed by atoms with Gasteiger partial charge in [-0.25, -0.2) is 4.79 Å². The van der Waals surface area contributed by atoms with Gasteiger partial charge in [-0.15, -0.1) is 0 Å². The fourth-order valence-electron chi connectivity index (χ4n) is 1.95. The van der Waals surface area contributed by atoms with Crippen molar-refractivity contribution in [3.63, 3.8) is 0 Å². The Labute approximate surface area is 182 Å². The normalized spacial score (nSPS) is 12.0. The van der Waals surface area contributed by atoms with Gasteiger partial charge in [0.05, 0.1) is 0 Å². The maximum atomic E-state index is 12.0. The summed E-state index contributed by atoms with van der Waals surface area (Å²) in [5, 5.41) is 8.69. The first-order chi connectivity index (χ1) is 12.7. The molecule has 0 heterocycles. The lowest BCUT2D eigenvalue weighted by atomic mass is 10.2. The second-order valence-electron chi connectivity index (χ2n) is 5.29. The Hall–Kier alpha value is -1.44. The SMILES string of the molecule is O=C(N[C@H](NC(=S)Nc1cccc(Cl)c1)C(Cl)(Cl)Cl)OCc1ccccc1. The van der Waals surface area contributed by atoms with E-state index in [1.807, 2.05) is 30.3 Å². The molecule has 0 aromatic heterocycles. The van der Waals surface area contributed by atoms with Crippen LogP contribution in [0.5, 0.6) is 0 Å². The highest BCUT2D eigenvalue weighted by molar-refractivity contribution is 7.80. The van der Waals surface area contributed by atoms with Crippen molar-refractivity contribution in [3.8, 4) is 0 Å². The van der Waals surface area contributed by atoms with Crippen LogP contribution in [0.15, 0.2) is 54.6 Å². The molecule has 0 saturated carbocycles. The van der Waals surface area contributed by atoms with Gasteiger partial charge < -0.3 is 15.4 Å². The predicted octanol–water partition coefficient (Wildman–Crippen LogP) is 5.25. The first-order valence-corrected chi connectivity index (χ1v) is 9.53. The smallest absolute Gasteiger partial charge is 0.409 e. The fourth-order valence-corrected chi connectivity index (χ4v) is 2.70. The van der Waals surface area contributed by atoms with Crippen LogP contribution in [0, 0.1) is 0 Å². The van der Waals surface area contributed by atoms with E-state index in [2.05, 4.69) is 16.0 Å². The van der Waals surface area contributed by atoms with Gasteiger partial charge in [-0.3, -0.25) is 5.32 Å². The quantitative estimate of drug-likeness (QED) is 0.319. The molecule has 0 radical (unpaired) electrons. The number of benzene rings is 2. The van der Waals surface area contributed by atoms with Gasteiger partial charge >= 0.3 is 6.09 Å². The van der Waals surface area contributed by atoms with Crippen LogP contribution in [0.4, 0.5) is 10.5 Å². The summed E-state index contributed by atoms with van der Waals surface area (Å²) in [7, 11) is 0. The van der Waals surface area contributed by atoms with Crippen molar-refractivity contribution in [2.45, 2.75) is 16.6 Å². The number of rotatable bonds is 5. The Bertz CT molecular complexity index is 787. The van der Waals surface area contributed by atoms with E-state index in [0.29, 0.717) is 10.7 Å². The molecule has 27 heavy (non-hydrogen) atoms. The second-order valence-corrected chi connectivity index (χ2v) is 8.50. The molecule has 1 atom stereocenters. The lowest BCUT2D eigenvalue weighted by molar-refractivity contribution is 0.135. The van der Waals surface area contributed by atoms with Crippen LogP contribution in [0.1, 0.15) is 5.56 Å². The largest absolute Gasteiger partial charge is 0.445 e. The molecular weight excluding hydrogens is 452 g/mol. The minimum absolute atomic E-state index is 0.0739. The molecule has 2 rings (SSSR count). The third-order valence-electron chi connectivity index (χ3n) is 3.16. The Kier molecular flexibility index (Phi) is 8.26. The van der Waals surface area contributed by atoms with E-state index in [-0.39, 0.29) is 11.7 Å². The summed E-state index contributed by atoms with van der Waals surface area (Å²) in [4.78, 5) is 12.0. The van der Waals surface area contributed by atoms with Crippen LogP contribution in [-0.2, 0) is 11.3 Å². The number of anilines is 1. The van der Waals surface area contributed by atoms with E-state index in [1.165, 1.54) is 0 Å². The van der Waals surface area contributed by atoms with Crippen LogP contribution in [-0.4, -0.2) is 21.2 Å². The van der Waals surface area contributed by atoms with Crippen LogP contribution in [0.3, 0.4) is 0 Å². The number of thiocarbonyl (C=S) groups is 1. The summed E-state index contributed by atoms with van der Waals surface area (Å²) in [6, 6.07) is 16.1. The second kappa shape index (κ2) is 10.2. The maximum absolute atomic E-state index is 12.0. The lowest BCUT2D eigenvalue weighted by Gasteiger charge is -2.27. The number of carbonyl (C=O) groups excluding carboxylic acids is 1. The van der Waals surface area contributed by atoms with E-state index in [4.69, 9.17) is 63.4 Å². The number of hydrogen-bond acceptors (Lipinski definition) is 3. The minimum atomic E-state index is -1.88. The number of ether oxygens (including phenoxy) is 1. The van der Waals surface area contributed by atoms with E-state index >= 15 is 0 Å². The molecule has 5 nitrogen and oxygen atoms in total. The third kappa shape index (κ3) is 7.99. The van der Waals surface area contributed by atoms with Gasteiger partial charge in [-0.1, -0.05) is 82.8 Å². The Morgan fingerprint density at radius 1 is 1.07 bits per heavy atom. The Morgan fingerprint density at radius 2 is 1.78 bits per heavy atom. The first kappa shape index (κ1) is 21.9. The minimum Gasteiger partial charge on any atom is -0.445 e. The average molecular weight is 467 g/mol. The Balaban J connectivity index is 1.92. The highest BCUT2D eigenvalue weighted by Gasteiger charge is 2.35. The van der Waals surface area contributed by atoms with Crippen molar-refractivity contribution in [3.05, 3.63) is 65.2 Å². The molecule has 0 aliphatic heterocycles. The van der Waals surface area contributed by atoms with Gasteiger partial charge in [0.1, 0.15) is 6.61 Å². The van der Waals surface area contributed by atoms with E-state index in [0.717, 1.165) is 5.56 Å². The molecule has 0 spiro atoms. The Morgan fingerprint density at radius 3 is 2.41 bits per heavy atom. The molecule has 0 bridgehead atoms. The zero-order valence-corrected chi connectivity index (χ0v) is 17.6. The molecule has 0 aliphatic carbocycles. The van der Waals surface area contributed by atoms with Crippen molar-refractivity contribution < 1.29 is 9.53 Å². The standard InChI is InChI=1S/C17H15Cl4N3O2S/c18-12-7-4-8-13(9-12)22-15(27)23-14(17(19,20)21)24-16(25)26-10-11-5-2-1-3-6-11/h1-9,14H,10H2,(H,24,25)(H2,22,23,27)/t14-/m0/s1. The molecule has 144 valence electrons. The van der Waals surface area contributed by atoms with Crippen LogP contribution in [0.25, 0.3) is 0 Å². The molecule has 0 unspecified atom stereocenters. The van der Waals surface area contributed by atoms with E-state index in [9.17, 15) is 4.79 Å². The summed E-state index contributed by atoms with van der Waals surface area (Å²) in [6.45, 7) is 0.0739. The molecule has 10 heteroatoms. The highest BCUT2D eigenvalue weighted by Crippen LogP contribution is 2.29. The van der Waals surface area contributed by atoms with Gasteiger partial charge in [0.2, 0.25) is 3.79 Å². The molecule has 2 aromatic carbocycles. The average Bonchev–Trinajstić information content (AvgIpc) is 2.59. The van der Waals surface area contributed by atoms with Gasteiger partial charge in [-0.05, 0) is 36.0 Å². The number of alkyl carbamates (subject to hydrolysis) is 1. The summed E-state index contributed by atoms with van der Waals surface area (Å²) >= 11 is 28.9. The zero-order valence-electron chi connectivity index (χ0n) is 13.7. The third-order valence-corrected chi connectivity index (χ3v) is 4.27. The first-order valence-electron chi connectivity index (χ1n) is 7.61. The van der Waals surface area contributed by atoms with E-state index < -0.39 is 16.1 Å². The van der Waals surface area contributed by atoms with Crippen molar-refractivity contribution in [2.75, 3.05) is 5.32 Å². The van der Waals surface area contributed by atoms with E-state index in [1.54, 1.807) is 24.3 Å². The predicted molar refractivity (Wildman–Crippen MR) is 115 cm³/mol. The number of carbonyl (C=O) groups is 1. The molecule has 3 N–H and O–H groups in total. The number of halogens is 4. The number of nitrogens with one attached hydrogen (secondary N) is 3. The topological polar surface area (TPSA) is 62.4 Å². The van der Waals surface area contributed by atoms with Crippen LogP contribution < -0.4 is 16.0 Å². The molecular formula is C17H15Cl4N3O2S. The van der Waals surface area contributed by atoms with Crippen molar-refractivity contribution in [2.24, 2.45) is 0 Å². The fraction of sp³-hybridized carbons (Fsp3) is 0.176. The number of alkyl halides is 3. The molecule has 1 amide bonds. The highest BCUT2D eigenvalue weighted by atomic mass is 35.6. The monoisotopic (exact) mass is 465 g/mol. The summed E-state index contributed by atoms with van der Waals surface area (Å²) in [6.07, 6.45) is -1.90. The van der Waals surface area contributed by atoms with Crippen LogP contribution in [0.2, 0.25) is 5.02 Å². The van der Waals surface area contributed by atoms with Crippen molar-refractivity contribution in [1.82, 2.24) is 10.6 Å². The number of hydrogen-bond donors (Lipinski definition) is 3. The van der Waals surface area contributed by atoms with Gasteiger partial charge in [0.25, 0.3) is 0 Å². The van der Waals surface area contributed by atoms with Crippen LogP contribution >= 0.6 is 58.6 Å². The maximum Gasteiger partial charge on any atom is 0.409 e. The lowest BCUT2D eigenvalue weighted by Crippen LogP contribution is -2.56. The molecule has 0 saturated heterocycles. The molecule has 0 fully saturated rings. The van der Waals surface area contributed by atoms with Gasteiger partial charge in [-0.2, -0.15) is 0 Å². The summed E-state index contributed by atoms with van der Waals surface area (Å²) in [5.74, 6) is 0. The number of amides is 1.